The van der Waals surface area contributed by atoms with Crippen molar-refractivity contribution in [3.05, 3.63) is 78.1 Å². The highest BCUT2D eigenvalue weighted by Gasteiger charge is 2.14. The number of fused-ring (bicyclic) bond motifs is 1. The van der Waals surface area contributed by atoms with Crippen molar-refractivity contribution >= 4 is 28.9 Å². The number of imidazole rings is 1. The Bertz CT molecular complexity index is 1430. The topological polar surface area (TPSA) is 105 Å². The van der Waals surface area contributed by atoms with Crippen LogP contribution in [0.15, 0.2) is 66.7 Å². The van der Waals surface area contributed by atoms with E-state index in [0.717, 1.165) is 65.8 Å². The number of carbonyl (C=O) groups excluding carboxylic acids is 1. The predicted octanol–water partition coefficient (Wildman–Crippen LogP) is 7.85. The Morgan fingerprint density at radius 2 is 1.70 bits per heavy atom. The van der Waals surface area contributed by atoms with E-state index in [1.165, 1.54) is 12.8 Å². The molecule has 3 N–H and O–H groups in total. The fourth-order valence-corrected chi connectivity index (χ4v) is 4.74. The van der Waals surface area contributed by atoms with Gasteiger partial charge in [-0.25, -0.2) is 14.6 Å². The molecule has 0 fully saturated rings. The first-order valence-corrected chi connectivity index (χ1v) is 14.1. The molecule has 0 aliphatic carbocycles. The van der Waals surface area contributed by atoms with Crippen molar-refractivity contribution in [3.63, 3.8) is 0 Å². The number of nitrogens with one attached hydrogen (secondary N) is 2. The zero-order valence-electron chi connectivity index (χ0n) is 23.3. The van der Waals surface area contributed by atoms with Gasteiger partial charge in [-0.2, -0.15) is 0 Å². The third kappa shape index (κ3) is 7.62. The molecule has 1 aromatic heterocycles. The maximum atomic E-state index is 12.4. The van der Waals surface area contributed by atoms with Crippen molar-refractivity contribution in [2.24, 2.45) is 0 Å². The van der Waals surface area contributed by atoms with E-state index in [-0.39, 0.29) is 6.03 Å². The van der Waals surface area contributed by atoms with E-state index < -0.39 is 6.16 Å². The zero-order chi connectivity index (χ0) is 28.3. The Hall–Kier alpha value is -4.33. The molecular formula is C32H38N4O4. The molecule has 0 saturated heterocycles. The number of carboxylic acid groups (broad SMARTS) is 1. The first-order valence-electron chi connectivity index (χ1n) is 14.1. The number of urea groups is 1. The van der Waals surface area contributed by atoms with Gasteiger partial charge in [0.25, 0.3) is 0 Å². The van der Waals surface area contributed by atoms with Gasteiger partial charge >= 0.3 is 12.2 Å². The van der Waals surface area contributed by atoms with Crippen molar-refractivity contribution in [1.29, 1.82) is 0 Å². The first-order chi connectivity index (χ1) is 19.5. The number of amides is 2. The molecule has 2 amide bonds. The number of nitrogens with zero attached hydrogens (tertiary/aromatic N) is 2. The molecule has 0 spiro atoms. The van der Waals surface area contributed by atoms with Gasteiger partial charge in [-0.1, -0.05) is 82.0 Å². The van der Waals surface area contributed by atoms with Crippen LogP contribution in [0, 0.1) is 0 Å². The van der Waals surface area contributed by atoms with Crippen LogP contribution < -0.4 is 15.4 Å². The standard InChI is InChI=1S/C32H38N4O4/c1-3-5-7-10-20-33-31(37)34-25-18-19-27-28(21-25)36(30(35-27)13-6-4-2)22-23-14-16-24(17-15-23)26-11-8-9-12-29(26)40-32(38)39/h8-9,11-12,14-19,21H,3-7,10,13,20,22H2,1-2H3,(H,38,39)(H2,33,34,37). The monoisotopic (exact) mass is 542 g/mol. The van der Waals surface area contributed by atoms with Gasteiger partial charge in [0.1, 0.15) is 11.6 Å². The molecule has 0 aliphatic rings. The smallest absolute Gasteiger partial charge is 0.449 e. The lowest BCUT2D eigenvalue weighted by Gasteiger charge is -2.12. The average molecular weight is 543 g/mol. The Balaban J connectivity index is 1.54. The summed E-state index contributed by atoms with van der Waals surface area (Å²) in [4.78, 5) is 28.5. The number of ether oxygens (including phenoxy) is 1. The number of unbranched alkanes of at least 4 members (excludes halogenated alkanes) is 4. The van der Waals surface area contributed by atoms with Crippen LogP contribution in [0.3, 0.4) is 0 Å². The second-order valence-electron chi connectivity index (χ2n) is 9.92. The number of rotatable bonds is 13. The number of carbonyl (C=O) groups is 2. The molecule has 4 aromatic rings. The average Bonchev–Trinajstić information content (AvgIpc) is 3.28. The lowest BCUT2D eigenvalue weighted by Crippen LogP contribution is -2.29. The van der Waals surface area contributed by atoms with E-state index in [1.807, 2.05) is 54.6 Å². The number of benzene rings is 3. The van der Waals surface area contributed by atoms with E-state index in [4.69, 9.17) is 14.8 Å². The highest BCUT2D eigenvalue weighted by molar-refractivity contribution is 5.92. The highest BCUT2D eigenvalue weighted by Crippen LogP contribution is 2.31. The summed E-state index contributed by atoms with van der Waals surface area (Å²) in [6, 6.07) is 20.8. The van der Waals surface area contributed by atoms with E-state index in [0.29, 0.717) is 24.4 Å². The van der Waals surface area contributed by atoms with Crippen LogP contribution in [0.25, 0.3) is 22.2 Å². The molecule has 0 unspecified atom stereocenters. The molecule has 8 nitrogen and oxygen atoms in total. The molecule has 0 radical (unpaired) electrons. The quantitative estimate of drug-likeness (QED) is 0.0906. The Morgan fingerprint density at radius 1 is 0.925 bits per heavy atom. The second-order valence-corrected chi connectivity index (χ2v) is 9.92. The van der Waals surface area contributed by atoms with Gasteiger partial charge in [0.05, 0.1) is 11.0 Å². The van der Waals surface area contributed by atoms with Crippen molar-refractivity contribution in [2.75, 3.05) is 11.9 Å². The van der Waals surface area contributed by atoms with E-state index in [2.05, 4.69) is 29.0 Å². The van der Waals surface area contributed by atoms with Gasteiger partial charge in [-0.15, -0.1) is 0 Å². The molecule has 8 heteroatoms. The molecule has 1 heterocycles. The van der Waals surface area contributed by atoms with Gasteiger partial charge in [0, 0.05) is 30.8 Å². The molecule has 3 aromatic carbocycles. The number of aromatic nitrogens is 2. The highest BCUT2D eigenvalue weighted by atomic mass is 16.7. The Morgan fingerprint density at radius 3 is 2.45 bits per heavy atom. The van der Waals surface area contributed by atoms with Gasteiger partial charge in [0.2, 0.25) is 0 Å². The first kappa shape index (κ1) is 28.7. The summed E-state index contributed by atoms with van der Waals surface area (Å²) in [6.07, 6.45) is 6.07. The van der Waals surface area contributed by atoms with Crippen LogP contribution in [0.2, 0.25) is 0 Å². The Labute approximate surface area is 235 Å². The number of hydrogen-bond acceptors (Lipinski definition) is 4. The predicted molar refractivity (Wildman–Crippen MR) is 159 cm³/mol. The van der Waals surface area contributed by atoms with Crippen molar-refractivity contribution in [2.45, 2.75) is 65.3 Å². The molecular weight excluding hydrogens is 504 g/mol. The number of para-hydroxylation sites is 1. The maximum absolute atomic E-state index is 12.4. The molecule has 4 rings (SSSR count). The number of hydrogen-bond donors (Lipinski definition) is 3. The van der Waals surface area contributed by atoms with E-state index in [1.54, 1.807) is 12.1 Å². The fourth-order valence-electron chi connectivity index (χ4n) is 4.74. The number of aryl methyl sites for hydroxylation is 1. The van der Waals surface area contributed by atoms with E-state index in [9.17, 15) is 9.59 Å². The zero-order valence-corrected chi connectivity index (χ0v) is 23.3. The third-order valence-electron chi connectivity index (χ3n) is 6.84. The van der Waals surface area contributed by atoms with Crippen molar-refractivity contribution in [1.82, 2.24) is 14.9 Å². The lowest BCUT2D eigenvalue weighted by molar-refractivity contribution is 0.144. The van der Waals surface area contributed by atoms with Crippen LogP contribution in [0.5, 0.6) is 5.75 Å². The fraction of sp³-hybridized carbons (Fsp3) is 0.344. The third-order valence-corrected chi connectivity index (χ3v) is 6.84. The van der Waals surface area contributed by atoms with Gasteiger partial charge in [-0.05, 0) is 48.2 Å². The molecule has 0 aliphatic heterocycles. The summed E-state index contributed by atoms with van der Waals surface area (Å²) in [5.41, 5.74) is 5.26. The summed E-state index contributed by atoms with van der Waals surface area (Å²) in [7, 11) is 0. The van der Waals surface area contributed by atoms with Crippen LogP contribution in [0.1, 0.15) is 63.8 Å². The summed E-state index contributed by atoms with van der Waals surface area (Å²) < 4.78 is 7.18. The molecule has 0 saturated carbocycles. The van der Waals surface area contributed by atoms with Crippen LogP contribution in [0.4, 0.5) is 15.3 Å². The van der Waals surface area contributed by atoms with Gasteiger partial charge in [0.15, 0.2) is 0 Å². The van der Waals surface area contributed by atoms with E-state index >= 15 is 0 Å². The Kier molecular flexibility index (Phi) is 10.2. The second kappa shape index (κ2) is 14.2. The summed E-state index contributed by atoms with van der Waals surface area (Å²) >= 11 is 0. The summed E-state index contributed by atoms with van der Waals surface area (Å²) in [6.45, 7) is 5.62. The minimum absolute atomic E-state index is 0.198. The summed E-state index contributed by atoms with van der Waals surface area (Å²) in [5, 5.41) is 15.0. The number of anilines is 1. The summed E-state index contributed by atoms with van der Waals surface area (Å²) in [5.74, 6) is 1.31. The largest absolute Gasteiger partial charge is 0.511 e. The minimum atomic E-state index is -1.34. The maximum Gasteiger partial charge on any atom is 0.511 e. The molecule has 0 atom stereocenters. The molecule has 40 heavy (non-hydrogen) atoms. The SMILES string of the molecule is CCCCCCNC(=O)Nc1ccc2nc(CCCC)n(Cc3ccc(-c4ccccc4OC(=O)O)cc3)c2c1. The normalized spacial score (nSPS) is 10.9. The van der Waals surface area contributed by atoms with Crippen molar-refractivity contribution < 1.29 is 19.4 Å². The lowest BCUT2D eigenvalue weighted by atomic mass is 10.0. The minimum Gasteiger partial charge on any atom is -0.449 e. The van der Waals surface area contributed by atoms with Crippen LogP contribution >= 0.6 is 0 Å². The van der Waals surface area contributed by atoms with Gasteiger partial charge < -0.3 is 25.0 Å². The van der Waals surface area contributed by atoms with Gasteiger partial charge in [-0.3, -0.25) is 0 Å². The molecule has 210 valence electrons. The van der Waals surface area contributed by atoms with Crippen LogP contribution in [-0.2, 0) is 13.0 Å². The van der Waals surface area contributed by atoms with Crippen LogP contribution in [-0.4, -0.2) is 33.4 Å². The molecule has 0 bridgehead atoms. The van der Waals surface area contributed by atoms with Crippen molar-refractivity contribution in [3.8, 4) is 16.9 Å².